The maximum atomic E-state index is 13.1. The van der Waals surface area contributed by atoms with Crippen LogP contribution >= 0.6 is 24.0 Å². The van der Waals surface area contributed by atoms with Gasteiger partial charge in [0.25, 0.3) is 0 Å². The number of benzene rings is 1. The third-order valence-electron chi connectivity index (χ3n) is 2.59. The molecule has 2 nitrogen and oxygen atoms in total. The zero-order valence-corrected chi connectivity index (χ0v) is 12.2. The van der Waals surface area contributed by atoms with Crippen molar-refractivity contribution in [3.8, 4) is 0 Å². The highest BCUT2D eigenvalue weighted by Gasteiger charge is 2.06. The Balaban J connectivity index is 2.44. The van der Waals surface area contributed by atoms with Gasteiger partial charge in [0.2, 0.25) is 0 Å². The zero-order valence-electron chi connectivity index (χ0n) is 10.5. The maximum absolute atomic E-state index is 13.1. The fraction of sp³-hybridized carbons (Fsp3) is 0.462. The van der Waals surface area contributed by atoms with Gasteiger partial charge in [-0.3, -0.25) is 0 Å². The molecule has 3 N–H and O–H groups in total. The minimum Gasteiger partial charge on any atom is -0.389 e. The summed E-state index contributed by atoms with van der Waals surface area (Å²) in [6.07, 6.45) is 5.63. The lowest BCUT2D eigenvalue weighted by molar-refractivity contribution is 0.627. The molecule has 0 saturated carbocycles. The molecule has 1 rings (SSSR count). The van der Waals surface area contributed by atoms with Crippen LogP contribution < -0.4 is 11.1 Å². The first kappa shape index (κ1) is 15.2. The predicted octanol–water partition coefficient (Wildman–Crippen LogP) is 3.41. The standard InChI is InChI=1S/C13H19FN2S2/c1-18-8-4-2-3-7-16-12-6-5-10(14)9-11(12)13(15)17/h5-6,9,16H,2-4,7-8H2,1H3,(H2,15,17). The van der Waals surface area contributed by atoms with Crippen LogP contribution in [0.2, 0.25) is 0 Å². The van der Waals surface area contributed by atoms with Gasteiger partial charge in [-0.05, 0) is 43.0 Å². The molecule has 1 aromatic carbocycles. The molecular weight excluding hydrogens is 267 g/mol. The van der Waals surface area contributed by atoms with E-state index in [4.69, 9.17) is 18.0 Å². The fourth-order valence-corrected chi connectivity index (χ4v) is 2.31. The van der Waals surface area contributed by atoms with Crippen molar-refractivity contribution in [3.05, 3.63) is 29.6 Å². The SMILES string of the molecule is CSCCCCCNc1ccc(F)cc1C(N)=S. The summed E-state index contributed by atoms with van der Waals surface area (Å²) >= 11 is 6.78. The average molecular weight is 286 g/mol. The summed E-state index contributed by atoms with van der Waals surface area (Å²) in [5.74, 6) is 0.887. The van der Waals surface area contributed by atoms with E-state index in [0.29, 0.717) is 5.56 Å². The first-order chi connectivity index (χ1) is 8.65. The number of hydrogen-bond donors (Lipinski definition) is 2. The summed E-state index contributed by atoms with van der Waals surface area (Å²) in [7, 11) is 0. The summed E-state index contributed by atoms with van der Waals surface area (Å²) < 4.78 is 13.1. The molecule has 0 bridgehead atoms. The molecule has 100 valence electrons. The molecule has 5 heteroatoms. The summed E-state index contributed by atoms with van der Waals surface area (Å²) in [6.45, 7) is 0.857. The maximum Gasteiger partial charge on any atom is 0.124 e. The van der Waals surface area contributed by atoms with E-state index < -0.39 is 0 Å². The Hall–Kier alpha value is -0.810. The smallest absolute Gasteiger partial charge is 0.124 e. The summed E-state index contributed by atoms with van der Waals surface area (Å²) in [5.41, 5.74) is 6.97. The van der Waals surface area contributed by atoms with Crippen LogP contribution in [0.25, 0.3) is 0 Å². The van der Waals surface area contributed by atoms with E-state index in [1.54, 1.807) is 6.07 Å². The second-order valence-corrected chi connectivity index (χ2v) is 5.46. The van der Waals surface area contributed by atoms with E-state index in [1.165, 1.54) is 30.7 Å². The molecule has 0 fully saturated rings. The number of anilines is 1. The molecule has 0 aliphatic carbocycles. The van der Waals surface area contributed by atoms with Crippen molar-refractivity contribution in [2.45, 2.75) is 19.3 Å². The van der Waals surface area contributed by atoms with Gasteiger partial charge in [-0.25, -0.2) is 4.39 Å². The minimum atomic E-state index is -0.316. The molecule has 0 aliphatic heterocycles. The molecule has 18 heavy (non-hydrogen) atoms. The second-order valence-electron chi connectivity index (χ2n) is 4.03. The Morgan fingerprint density at radius 1 is 1.39 bits per heavy atom. The minimum absolute atomic E-state index is 0.222. The number of thioether (sulfide) groups is 1. The number of unbranched alkanes of at least 4 members (excludes halogenated alkanes) is 2. The average Bonchev–Trinajstić information content (AvgIpc) is 2.35. The summed E-state index contributed by atoms with van der Waals surface area (Å²) in [6, 6.07) is 4.47. The van der Waals surface area contributed by atoms with Crippen molar-refractivity contribution in [1.82, 2.24) is 0 Å². The fourth-order valence-electron chi connectivity index (χ4n) is 1.65. The quantitative estimate of drug-likeness (QED) is 0.567. The lowest BCUT2D eigenvalue weighted by Gasteiger charge is -2.11. The zero-order chi connectivity index (χ0) is 13.4. The van der Waals surface area contributed by atoms with Crippen LogP contribution in [-0.4, -0.2) is 23.5 Å². The topological polar surface area (TPSA) is 38.0 Å². The van der Waals surface area contributed by atoms with Crippen molar-refractivity contribution in [3.63, 3.8) is 0 Å². The van der Waals surface area contributed by atoms with Crippen LogP contribution in [0.1, 0.15) is 24.8 Å². The third kappa shape index (κ3) is 5.23. The summed E-state index contributed by atoms with van der Waals surface area (Å²) in [5, 5.41) is 3.26. The van der Waals surface area contributed by atoms with Crippen molar-refractivity contribution < 1.29 is 4.39 Å². The first-order valence-corrected chi connectivity index (χ1v) is 7.77. The number of thiocarbonyl (C=S) groups is 1. The van der Waals surface area contributed by atoms with Gasteiger partial charge in [0.05, 0.1) is 0 Å². The molecule has 1 aromatic rings. The van der Waals surface area contributed by atoms with E-state index in [0.717, 1.165) is 18.7 Å². The van der Waals surface area contributed by atoms with Crippen LogP contribution in [0.5, 0.6) is 0 Å². The van der Waals surface area contributed by atoms with Gasteiger partial charge in [-0.1, -0.05) is 18.6 Å². The van der Waals surface area contributed by atoms with Crippen molar-refractivity contribution >= 4 is 34.7 Å². The van der Waals surface area contributed by atoms with Gasteiger partial charge in [0, 0.05) is 17.8 Å². The van der Waals surface area contributed by atoms with Gasteiger partial charge in [-0.2, -0.15) is 11.8 Å². The molecule has 0 heterocycles. The Bertz CT molecular complexity index is 397. The van der Waals surface area contributed by atoms with E-state index in [-0.39, 0.29) is 10.8 Å². The Labute approximate surface area is 118 Å². The predicted molar refractivity (Wildman–Crippen MR) is 83.0 cm³/mol. The van der Waals surface area contributed by atoms with Crippen LogP contribution in [0.4, 0.5) is 10.1 Å². The van der Waals surface area contributed by atoms with Crippen molar-refractivity contribution in [2.75, 3.05) is 23.9 Å². The lowest BCUT2D eigenvalue weighted by Crippen LogP contribution is -2.14. The van der Waals surface area contributed by atoms with E-state index in [2.05, 4.69) is 11.6 Å². The van der Waals surface area contributed by atoms with Crippen LogP contribution in [0.15, 0.2) is 18.2 Å². The number of halogens is 1. The van der Waals surface area contributed by atoms with Gasteiger partial charge < -0.3 is 11.1 Å². The second kappa shape index (κ2) is 8.32. The van der Waals surface area contributed by atoms with Gasteiger partial charge in [-0.15, -0.1) is 0 Å². The highest BCUT2D eigenvalue weighted by molar-refractivity contribution is 7.98. The molecule has 0 aromatic heterocycles. The summed E-state index contributed by atoms with van der Waals surface area (Å²) in [4.78, 5) is 0.222. The van der Waals surface area contributed by atoms with Gasteiger partial charge in [0.1, 0.15) is 10.8 Å². The largest absolute Gasteiger partial charge is 0.389 e. The number of nitrogens with one attached hydrogen (secondary N) is 1. The highest BCUT2D eigenvalue weighted by Crippen LogP contribution is 2.17. The van der Waals surface area contributed by atoms with Crippen LogP contribution in [0.3, 0.4) is 0 Å². The monoisotopic (exact) mass is 286 g/mol. The molecule has 0 unspecified atom stereocenters. The van der Waals surface area contributed by atoms with E-state index >= 15 is 0 Å². The number of rotatable bonds is 8. The molecule has 0 aliphatic rings. The first-order valence-electron chi connectivity index (χ1n) is 5.97. The van der Waals surface area contributed by atoms with Crippen molar-refractivity contribution in [1.29, 1.82) is 0 Å². The van der Waals surface area contributed by atoms with Gasteiger partial charge >= 0.3 is 0 Å². The third-order valence-corrected chi connectivity index (χ3v) is 3.50. The van der Waals surface area contributed by atoms with Crippen LogP contribution in [0, 0.1) is 5.82 Å². The van der Waals surface area contributed by atoms with Gasteiger partial charge in [0.15, 0.2) is 0 Å². The van der Waals surface area contributed by atoms with E-state index in [1.807, 2.05) is 11.8 Å². The normalized spacial score (nSPS) is 10.3. The molecule has 0 atom stereocenters. The number of nitrogens with two attached hydrogens (primary N) is 1. The number of hydrogen-bond acceptors (Lipinski definition) is 3. The Morgan fingerprint density at radius 3 is 2.83 bits per heavy atom. The van der Waals surface area contributed by atoms with Crippen molar-refractivity contribution in [2.24, 2.45) is 5.73 Å². The molecule has 0 saturated heterocycles. The molecule has 0 spiro atoms. The Morgan fingerprint density at radius 2 is 2.17 bits per heavy atom. The highest BCUT2D eigenvalue weighted by atomic mass is 32.2. The van der Waals surface area contributed by atoms with E-state index in [9.17, 15) is 4.39 Å². The lowest BCUT2D eigenvalue weighted by atomic mass is 10.1. The molecule has 0 amide bonds. The van der Waals surface area contributed by atoms with Crippen LogP contribution in [-0.2, 0) is 0 Å². The molecular formula is C13H19FN2S2. The Kier molecular flexibility index (Phi) is 7.05. The molecule has 0 radical (unpaired) electrons.